The van der Waals surface area contributed by atoms with Crippen molar-refractivity contribution in [3.8, 4) is 17.1 Å². The zero-order valence-electron chi connectivity index (χ0n) is 18.8. The molecule has 3 aromatic carbocycles. The van der Waals surface area contributed by atoms with Crippen LogP contribution in [0.15, 0.2) is 96.2 Å². The van der Waals surface area contributed by atoms with Crippen LogP contribution in [-0.2, 0) is 4.79 Å². The van der Waals surface area contributed by atoms with Crippen molar-refractivity contribution in [1.29, 1.82) is 0 Å². The van der Waals surface area contributed by atoms with Crippen molar-refractivity contribution in [2.24, 2.45) is 0 Å². The number of Topliss-reactive ketones (excluding diaryl/α,β-unsaturated/α-hetero) is 1. The second kappa shape index (κ2) is 8.30. The summed E-state index contributed by atoms with van der Waals surface area (Å²) >= 11 is 0. The first-order valence-electron chi connectivity index (χ1n) is 11.5. The average molecular weight is 449 g/mol. The summed E-state index contributed by atoms with van der Waals surface area (Å²) < 4.78 is 7.20. The van der Waals surface area contributed by atoms with E-state index in [0.29, 0.717) is 18.2 Å². The molecule has 1 aromatic heterocycles. The second-order valence-electron chi connectivity index (χ2n) is 8.70. The van der Waals surface area contributed by atoms with Gasteiger partial charge in [-0.25, -0.2) is 4.68 Å². The van der Waals surface area contributed by atoms with E-state index in [1.807, 2.05) is 77.5 Å². The molecule has 0 saturated heterocycles. The highest BCUT2D eigenvalue weighted by Crippen LogP contribution is 2.44. The largest absolute Gasteiger partial charge is 0.497 e. The topological polar surface area (TPSA) is 69.0 Å². The molecule has 6 heteroatoms. The van der Waals surface area contributed by atoms with Gasteiger partial charge in [0.2, 0.25) is 5.95 Å². The number of fused-ring (bicyclic) bond motifs is 1. The molecule has 6 nitrogen and oxygen atoms in total. The minimum Gasteiger partial charge on any atom is -0.497 e. The molecule has 1 aliphatic heterocycles. The number of ketones is 1. The van der Waals surface area contributed by atoms with Crippen LogP contribution in [-0.4, -0.2) is 27.7 Å². The summed E-state index contributed by atoms with van der Waals surface area (Å²) in [4.78, 5) is 18.4. The fourth-order valence-electron chi connectivity index (χ4n) is 4.98. The monoisotopic (exact) mass is 448 g/mol. The third-order valence-electron chi connectivity index (χ3n) is 6.65. The van der Waals surface area contributed by atoms with E-state index < -0.39 is 0 Å². The number of nitrogens with one attached hydrogen (secondary N) is 1. The Labute approximate surface area is 197 Å². The number of carbonyl (C=O) groups is 1. The zero-order chi connectivity index (χ0) is 23.1. The van der Waals surface area contributed by atoms with E-state index in [-0.39, 0.29) is 17.7 Å². The maximum absolute atomic E-state index is 13.6. The Morgan fingerprint density at radius 2 is 1.59 bits per heavy atom. The molecular weight excluding hydrogens is 424 g/mol. The van der Waals surface area contributed by atoms with E-state index in [1.165, 1.54) is 5.56 Å². The molecule has 0 fully saturated rings. The molecule has 168 valence electrons. The molecule has 0 amide bonds. The fraction of sp³-hybridized carbons (Fsp3) is 0.179. The molecule has 1 N–H and O–H groups in total. The lowest BCUT2D eigenvalue weighted by Gasteiger charge is -2.35. The van der Waals surface area contributed by atoms with Crippen molar-refractivity contribution in [2.75, 3.05) is 12.4 Å². The Hall–Kier alpha value is -4.19. The quantitative estimate of drug-likeness (QED) is 0.455. The maximum Gasteiger partial charge on any atom is 0.226 e. The van der Waals surface area contributed by atoms with Gasteiger partial charge in [-0.05, 0) is 35.6 Å². The van der Waals surface area contributed by atoms with E-state index in [0.717, 1.165) is 34.6 Å². The molecule has 2 unspecified atom stereocenters. The summed E-state index contributed by atoms with van der Waals surface area (Å²) in [6, 6.07) is 27.7. The smallest absolute Gasteiger partial charge is 0.226 e. The number of ether oxygens (including phenoxy) is 1. The number of anilines is 1. The first-order chi connectivity index (χ1) is 16.7. The third-order valence-corrected chi connectivity index (χ3v) is 6.65. The van der Waals surface area contributed by atoms with Crippen LogP contribution in [0.4, 0.5) is 5.95 Å². The first kappa shape index (κ1) is 20.4. The van der Waals surface area contributed by atoms with Gasteiger partial charge in [-0.2, -0.15) is 4.98 Å². The molecule has 4 aromatic rings. The number of methoxy groups -OCH3 is 1. The van der Waals surface area contributed by atoms with Crippen LogP contribution >= 0.6 is 0 Å². The highest BCUT2D eigenvalue weighted by Gasteiger charge is 2.39. The van der Waals surface area contributed by atoms with Crippen LogP contribution in [0.3, 0.4) is 0 Å². The van der Waals surface area contributed by atoms with E-state index in [4.69, 9.17) is 14.8 Å². The van der Waals surface area contributed by atoms with Crippen LogP contribution in [0.25, 0.3) is 11.4 Å². The predicted octanol–water partition coefficient (Wildman–Crippen LogP) is 5.37. The summed E-state index contributed by atoms with van der Waals surface area (Å²) in [6.45, 7) is 0. The number of benzene rings is 3. The molecule has 0 radical (unpaired) electrons. The van der Waals surface area contributed by atoms with Gasteiger partial charge >= 0.3 is 0 Å². The van der Waals surface area contributed by atoms with Crippen molar-refractivity contribution >= 4 is 11.7 Å². The highest BCUT2D eigenvalue weighted by molar-refractivity contribution is 6.00. The zero-order valence-corrected chi connectivity index (χ0v) is 18.8. The molecule has 6 rings (SSSR count). The van der Waals surface area contributed by atoms with Gasteiger partial charge in [-0.15, -0.1) is 5.10 Å². The summed E-state index contributed by atoms with van der Waals surface area (Å²) in [7, 11) is 1.65. The number of rotatable bonds is 4. The molecule has 2 heterocycles. The Kier molecular flexibility index (Phi) is 4.99. The maximum atomic E-state index is 13.6. The number of hydrogen-bond acceptors (Lipinski definition) is 5. The Morgan fingerprint density at radius 1 is 0.882 bits per heavy atom. The molecule has 0 spiro atoms. The summed E-state index contributed by atoms with van der Waals surface area (Å²) in [5.74, 6) is 2.34. The van der Waals surface area contributed by atoms with Crippen LogP contribution in [0.5, 0.6) is 5.75 Å². The van der Waals surface area contributed by atoms with Gasteiger partial charge < -0.3 is 10.1 Å². The Bertz CT molecular complexity index is 1380. The number of aromatic nitrogens is 3. The predicted molar refractivity (Wildman–Crippen MR) is 131 cm³/mol. The highest BCUT2D eigenvalue weighted by atomic mass is 16.5. The van der Waals surface area contributed by atoms with Crippen molar-refractivity contribution in [2.45, 2.75) is 24.8 Å². The van der Waals surface area contributed by atoms with Crippen LogP contribution in [0.2, 0.25) is 0 Å². The van der Waals surface area contributed by atoms with Crippen molar-refractivity contribution in [3.05, 3.63) is 107 Å². The van der Waals surface area contributed by atoms with E-state index in [1.54, 1.807) is 7.11 Å². The van der Waals surface area contributed by atoms with E-state index >= 15 is 0 Å². The third kappa shape index (κ3) is 3.48. The molecule has 34 heavy (non-hydrogen) atoms. The van der Waals surface area contributed by atoms with Gasteiger partial charge in [-0.1, -0.05) is 72.8 Å². The van der Waals surface area contributed by atoms with Gasteiger partial charge in [-0.3, -0.25) is 4.79 Å². The van der Waals surface area contributed by atoms with Crippen LogP contribution in [0, 0.1) is 0 Å². The van der Waals surface area contributed by atoms with Crippen LogP contribution in [0.1, 0.15) is 35.9 Å². The molecule has 0 bridgehead atoms. The standard InChI is InChI=1S/C28H24N4O2/c1-34-22-14-12-19(13-15-22)26-25-23(16-21(17-24(25)33)18-8-4-2-5-9-18)29-28-30-27(31-32(26)28)20-10-6-3-7-11-20/h2-15,21,26H,16-17H2,1H3,(H,29,30,31). The minimum atomic E-state index is -0.341. The Morgan fingerprint density at radius 3 is 2.29 bits per heavy atom. The molecule has 0 saturated carbocycles. The summed E-state index contributed by atoms with van der Waals surface area (Å²) in [5.41, 5.74) is 4.81. The number of allylic oxidation sites excluding steroid dienone is 2. The van der Waals surface area contributed by atoms with Crippen molar-refractivity contribution in [1.82, 2.24) is 14.8 Å². The Balaban J connectivity index is 1.47. The second-order valence-corrected chi connectivity index (χ2v) is 8.70. The van der Waals surface area contributed by atoms with Gasteiger partial charge in [0.05, 0.1) is 7.11 Å². The lowest BCUT2D eigenvalue weighted by molar-refractivity contribution is -0.116. The van der Waals surface area contributed by atoms with Crippen molar-refractivity contribution < 1.29 is 9.53 Å². The van der Waals surface area contributed by atoms with Gasteiger partial charge in [0.1, 0.15) is 11.8 Å². The molecule has 1 aliphatic carbocycles. The van der Waals surface area contributed by atoms with Crippen molar-refractivity contribution in [3.63, 3.8) is 0 Å². The number of carbonyl (C=O) groups excluding carboxylic acids is 1. The molecule has 2 atom stereocenters. The summed E-state index contributed by atoms with van der Waals surface area (Å²) in [6.07, 6.45) is 1.23. The molecule has 2 aliphatic rings. The lowest BCUT2D eigenvalue weighted by Crippen LogP contribution is -2.33. The SMILES string of the molecule is COc1ccc(C2C3=C(CC(c4ccccc4)CC3=O)Nc3nc(-c4ccccc4)nn32)cc1. The average Bonchev–Trinajstić information content (AvgIpc) is 3.32. The number of hydrogen-bond donors (Lipinski definition) is 1. The minimum absolute atomic E-state index is 0.138. The van der Waals surface area contributed by atoms with Crippen LogP contribution < -0.4 is 10.1 Å². The first-order valence-corrected chi connectivity index (χ1v) is 11.5. The van der Waals surface area contributed by atoms with Gasteiger partial charge in [0, 0.05) is 23.3 Å². The van der Waals surface area contributed by atoms with E-state index in [9.17, 15) is 4.79 Å². The molecular formula is C28H24N4O2. The fourth-order valence-corrected chi connectivity index (χ4v) is 4.98. The summed E-state index contributed by atoms with van der Waals surface area (Å²) in [5, 5.41) is 8.31. The lowest BCUT2D eigenvalue weighted by atomic mass is 9.78. The number of nitrogens with zero attached hydrogens (tertiary/aromatic N) is 3. The van der Waals surface area contributed by atoms with E-state index in [2.05, 4.69) is 17.4 Å². The van der Waals surface area contributed by atoms with Gasteiger partial charge in [0.15, 0.2) is 11.6 Å². The normalized spacial score (nSPS) is 19.3. The van der Waals surface area contributed by atoms with Gasteiger partial charge in [0.25, 0.3) is 0 Å².